The standard InChI is InChI=1S/C18H15S.C16H19F5O7S/c1-4-10-16(11-5-1)19(17-12-6-2-7-13-17)18-14-8-3-9-15-18;17-15(18,19)11(16(20,21)29(25,26)27)10(12(22)23)28-13(24)14-4-7-1-8(5-14)3-9(2-7)6-14/h1-15H;7-11H,1-6H2,(H,22,23)(H,25,26,27)/q+1;/p-1. The largest absolute Gasteiger partial charge is 0.546 e. The highest BCUT2D eigenvalue weighted by molar-refractivity contribution is 7.97. The molecular formula is C34H33F5O7S2. The Morgan fingerprint density at radius 2 is 1.10 bits per heavy atom. The van der Waals surface area contributed by atoms with Crippen LogP contribution >= 0.6 is 0 Å². The smallest absolute Gasteiger partial charge is 0.402 e. The van der Waals surface area contributed by atoms with Crippen molar-refractivity contribution < 1.29 is 54.4 Å². The Bertz CT molecular complexity index is 1560. The van der Waals surface area contributed by atoms with Gasteiger partial charge in [-0.25, -0.2) is 0 Å². The maximum atomic E-state index is 13.9. The van der Waals surface area contributed by atoms with Gasteiger partial charge in [-0.2, -0.15) is 30.4 Å². The third-order valence-electron chi connectivity index (χ3n) is 9.24. The first-order valence-corrected chi connectivity index (χ1v) is 17.9. The van der Waals surface area contributed by atoms with Crippen LogP contribution in [0.1, 0.15) is 38.5 Å². The summed E-state index contributed by atoms with van der Waals surface area (Å²) >= 11 is 0. The number of ether oxygens (including phenoxy) is 1. The highest BCUT2D eigenvalue weighted by atomic mass is 32.2. The zero-order valence-electron chi connectivity index (χ0n) is 25.4. The molecule has 0 heterocycles. The lowest BCUT2D eigenvalue weighted by molar-refractivity contribution is -0.332. The van der Waals surface area contributed by atoms with Crippen LogP contribution in [0, 0.1) is 29.1 Å². The normalized spacial score (nSPS) is 24.7. The Labute approximate surface area is 277 Å². The number of benzene rings is 3. The second-order valence-electron chi connectivity index (χ2n) is 12.6. The first-order valence-electron chi connectivity index (χ1n) is 15.2. The molecule has 3 aromatic rings. The van der Waals surface area contributed by atoms with E-state index in [1.165, 1.54) is 14.7 Å². The average molecular weight is 713 g/mol. The van der Waals surface area contributed by atoms with Gasteiger partial charge in [0.05, 0.1) is 22.3 Å². The van der Waals surface area contributed by atoms with Crippen LogP contribution in [0.25, 0.3) is 0 Å². The molecule has 0 aliphatic heterocycles. The number of aliphatic carboxylic acids is 1. The van der Waals surface area contributed by atoms with Crippen molar-refractivity contribution in [2.75, 3.05) is 0 Å². The molecule has 2 atom stereocenters. The van der Waals surface area contributed by atoms with Gasteiger partial charge in [0.25, 0.3) is 0 Å². The highest BCUT2D eigenvalue weighted by Crippen LogP contribution is 2.60. The molecule has 0 spiro atoms. The predicted molar refractivity (Wildman–Crippen MR) is 163 cm³/mol. The summed E-state index contributed by atoms with van der Waals surface area (Å²) in [5, 5.41) is 5.25. The van der Waals surface area contributed by atoms with Crippen molar-refractivity contribution in [3.8, 4) is 0 Å². The number of carbonyl (C=O) groups is 2. The molecule has 0 saturated heterocycles. The molecule has 258 valence electrons. The summed E-state index contributed by atoms with van der Waals surface area (Å²) in [5.41, 5.74) is -1.29. The van der Waals surface area contributed by atoms with Crippen LogP contribution in [0.5, 0.6) is 0 Å². The maximum Gasteiger partial charge on any atom is 0.402 e. The van der Waals surface area contributed by atoms with Crippen LogP contribution in [0.4, 0.5) is 22.0 Å². The van der Waals surface area contributed by atoms with Crippen LogP contribution in [-0.4, -0.2) is 42.4 Å². The highest BCUT2D eigenvalue weighted by Gasteiger charge is 2.68. The number of hydrogen-bond donors (Lipinski definition) is 1. The summed E-state index contributed by atoms with van der Waals surface area (Å²) in [4.78, 5) is 28.0. The minimum absolute atomic E-state index is 0.0146. The van der Waals surface area contributed by atoms with E-state index in [0.29, 0.717) is 0 Å². The van der Waals surface area contributed by atoms with Gasteiger partial charge in [-0.3, -0.25) is 9.35 Å². The molecule has 4 bridgehead atoms. The molecule has 4 fully saturated rings. The van der Waals surface area contributed by atoms with Crippen LogP contribution in [-0.2, 0) is 35.3 Å². The molecule has 2 unspecified atom stereocenters. The second kappa shape index (κ2) is 13.8. The van der Waals surface area contributed by atoms with Crippen molar-refractivity contribution in [2.45, 2.75) is 70.7 Å². The van der Waals surface area contributed by atoms with Crippen molar-refractivity contribution in [1.82, 2.24) is 0 Å². The minimum atomic E-state index is -6.68. The van der Waals surface area contributed by atoms with Gasteiger partial charge in [-0.15, -0.1) is 0 Å². The lowest BCUT2D eigenvalue weighted by atomic mass is 9.49. The molecule has 0 amide bonds. The predicted octanol–water partition coefficient (Wildman–Crippen LogP) is 6.31. The van der Waals surface area contributed by atoms with Gasteiger partial charge in [-0.05, 0) is 92.7 Å². The first-order chi connectivity index (χ1) is 22.5. The third-order valence-corrected chi connectivity index (χ3v) is 12.4. The van der Waals surface area contributed by atoms with E-state index in [1.54, 1.807) is 0 Å². The Balaban J connectivity index is 0.000000204. The van der Waals surface area contributed by atoms with Crippen molar-refractivity contribution in [2.24, 2.45) is 29.1 Å². The Morgan fingerprint density at radius 1 is 0.750 bits per heavy atom. The molecule has 7 rings (SSSR count). The third kappa shape index (κ3) is 7.55. The van der Waals surface area contributed by atoms with Crippen molar-refractivity contribution >= 4 is 33.0 Å². The van der Waals surface area contributed by atoms with Crippen molar-refractivity contribution in [1.29, 1.82) is 0 Å². The summed E-state index contributed by atoms with van der Waals surface area (Å²) in [6.45, 7) is 0. The van der Waals surface area contributed by atoms with Crippen LogP contribution in [0.15, 0.2) is 106 Å². The number of carboxylic acids is 1. The first kappa shape index (κ1) is 35.8. The zero-order valence-corrected chi connectivity index (χ0v) is 27.0. The lowest BCUT2D eigenvalue weighted by Gasteiger charge is -2.55. The monoisotopic (exact) mass is 712 g/mol. The maximum absolute atomic E-state index is 13.9. The quantitative estimate of drug-likeness (QED) is 0.120. The zero-order chi connectivity index (χ0) is 34.9. The number of hydrogen-bond acceptors (Lipinski definition) is 6. The summed E-state index contributed by atoms with van der Waals surface area (Å²) < 4.78 is 102. The molecule has 4 aliphatic carbocycles. The van der Waals surface area contributed by atoms with Gasteiger partial charge < -0.3 is 14.6 Å². The summed E-state index contributed by atoms with van der Waals surface area (Å²) in [7, 11) is -6.69. The molecule has 4 aliphatic rings. The number of carboxylic acid groups (broad SMARTS) is 1. The number of alkyl halides is 5. The minimum Gasteiger partial charge on any atom is -0.546 e. The van der Waals surface area contributed by atoms with Gasteiger partial charge in [0, 0.05) is 0 Å². The van der Waals surface area contributed by atoms with Gasteiger partial charge >= 0.3 is 27.5 Å². The second-order valence-corrected chi connectivity index (χ2v) is 16.2. The van der Waals surface area contributed by atoms with Gasteiger partial charge in [-0.1, -0.05) is 54.6 Å². The van der Waals surface area contributed by atoms with E-state index in [9.17, 15) is 45.1 Å². The van der Waals surface area contributed by atoms with E-state index in [4.69, 9.17) is 4.55 Å². The van der Waals surface area contributed by atoms with Gasteiger partial charge in [0.15, 0.2) is 26.7 Å². The molecule has 48 heavy (non-hydrogen) atoms. The fraction of sp³-hybridized carbons (Fsp3) is 0.412. The Hall–Kier alpha value is -3.49. The Kier molecular flexibility index (Phi) is 10.3. The summed E-state index contributed by atoms with van der Waals surface area (Å²) in [6, 6.07) is 32.2. The summed E-state index contributed by atoms with van der Waals surface area (Å²) in [5.74, 6) is -8.44. The molecule has 0 radical (unpaired) electrons. The number of rotatable bonds is 9. The van der Waals surface area contributed by atoms with Crippen molar-refractivity contribution in [3.63, 3.8) is 0 Å². The number of carbonyl (C=O) groups excluding carboxylic acids is 2. The lowest BCUT2D eigenvalue weighted by Crippen LogP contribution is -2.59. The van der Waals surface area contributed by atoms with E-state index >= 15 is 0 Å². The van der Waals surface area contributed by atoms with Gasteiger partial charge in [0.1, 0.15) is 0 Å². The SMILES string of the molecule is O=C([O-])C(OC(=O)C12CC3CC(CC(C3)C1)C2)C(C(F)(F)F)C(F)(F)S(=O)(=O)O.c1ccc([S+](c2ccccc2)c2ccccc2)cc1. The molecule has 3 aromatic carbocycles. The van der Waals surface area contributed by atoms with E-state index in [0.717, 1.165) is 19.3 Å². The fourth-order valence-corrected chi connectivity index (χ4v) is 10.3. The molecule has 1 N–H and O–H groups in total. The van der Waals surface area contributed by atoms with E-state index in [1.807, 2.05) is 0 Å². The van der Waals surface area contributed by atoms with E-state index in [2.05, 4.69) is 95.7 Å². The van der Waals surface area contributed by atoms with Crippen molar-refractivity contribution in [3.05, 3.63) is 91.0 Å². The molecule has 14 heteroatoms. The van der Waals surface area contributed by atoms with Gasteiger partial charge in [0.2, 0.25) is 0 Å². The molecular weight excluding hydrogens is 679 g/mol. The average Bonchev–Trinajstić information content (AvgIpc) is 3.01. The molecule has 7 nitrogen and oxygen atoms in total. The topological polar surface area (TPSA) is 121 Å². The van der Waals surface area contributed by atoms with Crippen LogP contribution in [0.3, 0.4) is 0 Å². The van der Waals surface area contributed by atoms with E-state index < -0.39 is 50.9 Å². The Morgan fingerprint density at radius 3 is 1.40 bits per heavy atom. The number of halogens is 5. The van der Waals surface area contributed by atoms with E-state index in [-0.39, 0.29) is 47.9 Å². The fourth-order valence-electron chi connectivity index (χ4n) is 7.63. The summed E-state index contributed by atoms with van der Waals surface area (Å²) in [6.07, 6.45) is -6.61. The molecule has 0 aromatic heterocycles. The van der Waals surface area contributed by atoms with Crippen LogP contribution in [0.2, 0.25) is 0 Å². The van der Waals surface area contributed by atoms with Crippen LogP contribution < -0.4 is 5.11 Å². The number of esters is 1. The molecule has 4 saturated carbocycles.